The van der Waals surface area contributed by atoms with Crippen molar-refractivity contribution in [2.45, 2.75) is 18.7 Å². The smallest absolute Gasteiger partial charge is 0.465 e. The van der Waals surface area contributed by atoms with Gasteiger partial charge in [0.25, 0.3) is 6.43 Å². The Hall–Kier alpha value is -1.64. The average molecular weight is 320 g/mol. The number of ether oxygens (including phenoxy) is 2. The third-order valence-electron chi connectivity index (χ3n) is 2.07. The van der Waals surface area contributed by atoms with Crippen molar-refractivity contribution in [2.24, 2.45) is 0 Å². The number of aromatic nitrogens is 1. The van der Waals surface area contributed by atoms with Gasteiger partial charge in [0.2, 0.25) is 5.88 Å². The number of hydrogen-bond donors (Lipinski definition) is 0. The van der Waals surface area contributed by atoms with E-state index in [-0.39, 0.29) is 5.56 Å². The van der Waals surface area contributed by atoms with Crippen LogP contribution in [0.25, 0.3) is 0 Å². The number of nitrogens with zero attached hydrogens (tertiary/aromatic N) is 1. The number of carbonyl (C=O) groups excluding carboxylic acids is 1. The quantitative estimate of drug-likeness (QED) is 0.484. The highest BCUT2D eigenvalue weighted by Gasteiger charge is 2.34. The molecular weight excluding hydrogens is 313 g/mol. The monoisotopic (exact) mass is 319 g/mol. The molecule has 0 fully saturated rings. The highest BCUT2D eigenvalue weighted by atomic mass is 35.5. The molecule has 0 N–H and O–H groups in total. The molecule has 20 heavy (non-hydrogen) atoms. The van der Waals surface area contributed by atoms with Crippen molar-refractivity contribution in [3.8, 4) is 5.88 Å². The fourth-order valence-corrected chi connectivity index (χ4v) is 1.58. The zero-order chi connectivity index (χ0) is 15.5. The molecule has 0 aliphatic rings. The number of halogens is 6. The number of pyridine rings is 1. The van der Waals surface area contributed by atoms with Gasteiger partial charge in [0.15, 0.2) is 0 Å². The van der Waals surface area contributed by atoms with Gasteiger partial charge in [0.1, 0.15) is 5.69 Å². The standard InChI is InChI=1S/C10H7ClF5NO3/c1-19-9(18)6-4(3-11)2-5(20-10(14,15)16)17-7(6)8(12)13/h2,8H,3H2,1H3. The molecule has 0 aliphatic carbocycles. The van der Waals surface area contributed by atoms with Crippen molar-refractivity contribution in [2.75, 3.05) is 7.11 Å². The molecule has 10 heteroatoms. The molecule has 4 nitrogen and oxygen atoms in total. The number of esters is 1. The van der Waals surface area contributed by atoms with Crippen LogP contribution in [0.3, 0.4) is 0 Å². The molecule has 0 unspecified atom stereocenters. The molecule has 1 rings (SSSR count). The van der Waals surface area contributed by atoms with Crippen molar-refractivity contribution in [1.82, 2.24) is 4.98 Å². The number of hydrogen-bond acceptors (Lipinski definition) is 4. The molecule has 0 aromatic carbocycles. The van der Waals surface area contributed by atoms with Gasteiger partial charge in [-0.3, -0.25) is 0 Å². The van der Waals surface area contributed by atoms with E-state index in [2.05, 4.69) is 14.5 Å². The van der Waals surface area contributed by atoms with Crippen molar-refractivity contribution in [1.29, 1.82) is 0 Å². The van der Waals surface area contributed by atoms with Gasteiger partial charge < -0.3 is 9.47 Å². The van der Waals surface area contributed by atoms with E-state index in [0.29, 0.717) is 6.07 Å². The average Bonchev–Trinajstić information content (AvgIpc) is 2.34. The molecule has 0 saturated heterocycles. The Morgan fingerprint density at radius 3 is 2.45 bits per heavy atom. The van der Waals surface area contributed by atoms with E-state index < -0.39 is 41.8 Å². The van der Waals surface area contributed by atoms with Crippen molar-refractivity contribution < 1.29 is 36.2 Å². The molecule has 0 aliphatic heterocycles. The highest BCUT2D eigenvalue weighted by Crippen LogP contribution is 2.30. The normalized spacial score (nSPS) is 11.6. The Balaban J connectivity index is 3.42. The fourth-order valence-electron chi connectivity index (χ4n) is 1.36. The van der Waals surface area contributed by atoms with Crippen LogP contribution < -0.4 is 4.74 Å². The predicted molar refractivity (Wildman–Crippen MR) is 56.8 cm³/mol. The lowest BCUT2D eigenvalue weighted by atomic mass is 10.1. The lowest BCUT2D eigenvalue weighted by Gasteiger charge is -2.14. The van der Waals surface area contributed by atoms with Crippen LogP contribution in [0.15, 0.2) is 6.07 Å². The van der Waals surface area contributed by atoms with E-state index in [1.165, 1.54) is 0 Å². The van der Waals surface area contributed by atoms with Gasteiger partial charge in [-0.15, -0.1) is 24.8 Å². The minimum atomic E-state index is -5.11. The maximum absolute atomic E-state index is 12.8. The molecule has 1 aromatic rings. The molecular formula is C10H7ClF5NO3. The van der Waals surface area contributed by atoms with Crippen LogP contribution in [0.5, 0.6) is 5.88 Å². The summed E-state index contributed by atoms with van der Waals surface area (Å²) in [6.45, 7) is 0. The molecule has 1 heterocycles. The maximum Gasteiger partial charge on any atom is 0.574 e. The molecule has 0 spiro atoms. The molecule has 1 aromatic heterocycles. The van der Waals surface area contributed by atoms with Gasteiger partial charge in [-0.25, -0.2) is 18.6 Å². The molecule has 0 bridgehead atoms. The number of methoxy groups -OCH3 is 1. The van der Waals surface area contributed by atoms with Crippen LogP contribution in [-0.4, -0.2) is 24.4 Å². The Labute approximate surface area is 114 Å². The predicted octanol–water partition coefficient (Wildman–Crippen LogP) is 3.44. The first-order valence-corrected chi connectivity index (χ1v) is 5.45. The summed E-state index contributed by atoms with van der Waals surface area (Å²) in [5.41, 5.74) is -2.16. The number of carbonyl (C=O) groups is 1. The van der Waals surface area contributed by atoms with Crippen LogP contribution in [-0.2, 0) is 10.6 Å². The molecule has 112 valence electrons. The van der Waals surface area contributed by atoms with E-state index in [0.717, 1.165) is 7.11 Å². The summed E-state index contributed by atoms with van der Waals surface area (Å²) in [5.74, 6) is -2.81. The first-order valence-electron chi connectivity index (χ1n) is 4.91. The topological polar surface area (TPSA) is 48.4 Å². The molecule has 0 radical (unpaired) electrons. The van der Waals surface area contributed by atoms with Gasteiger partial charge in [-0.2, -0.15) is 0 Å². The Bertz CT molecular complexity index is 506. The zero-order valence-electron chi connectivity index (χ0n) is 9.80. The minimum absolute atomic E-state index is 0.303. The molecule has 0 saturated carbocycles. The summed E-state index contributed by atoms with van der Waals surface area (Å²) in [6, 6.07) is 0.651. The number of rotatable bonds is 4. The summed E-state index contributed by atoms with van der Waals surface area (Å²) < 4.78 is 69.5. The summed E-state index contributed by atoms with van der Waals surface area (Å²) in [7, 11) is 0.926. The third-order valence-corrected chi connectivity index (χ3v) is 2.35. The second-order valence-corrected chi connectivity index (χ2v) is 3.62. The largest absolute Gasteiger partial charge is 0.574 e. The van der Waals surface area contributed by atoms with Gasteiger partial charge in [0.05, 0.1) is 12.7 Å². The summed E-state index contributed by atoms with van der Waals surface area (Å²) in [5, 5.41) is 0. The van der Waals surface area contributed by atoms with E-state index in [1.54, 1.807) is 0 Å². The lowest BCUT2D eigenvalue weighted by Crippen LogP contribution is -2.20. The van der Waals surface area contributed by atoms with Crippen molar-refractivity contribution in [3.05, 3.63) is 22.9 Å². The van der Waals surface area contributed by atoms with Crippen LogP contribution in [0, 0.1) is 0 Å². The van der Waals surface area contributed by atoms with Gasteiger partial charge in [-0.1, -0.05) is 0 Å². The van der Waals surface area contributed by atoms with E-state index in [4.69, 9.17) is 11.6 Å². The van der Waals surface area contributed by atoms with E-state index in [1.807, 2.05) is 0 Å². The van der Waals surface area contributed by atoms with Crippen molar-refractivity contribution in [3.63, 3.8) is 0 Å². The van der Waals surface area contributed by atoms with E-state index in [9.17, 15) is 26.7 Å². The lowest BCUT2D eigenvalue weighted by molar-refractivity contribution is -0.276. The Morgan fingerprint density at radius 2 is 2.05 bits per heavy atom. The summed E-state index contributed by atoms with van der Waals surface area (Å²) >= 11 is 5.44. The second-order valence-electron chi connectivity index (χ2n) is 3.35. The van der Waals surface area contributed by atoms with Crippen LogP contribution in [0.1, 0.15) is 28.0 Å². The van der Waals surface area contributed by atoms with Crippen LogP contribution in [0.2, 0.25) is 0 Å². The first kappa shape index (κ1) is 16.4. The van der Waals surface area contributed by atoms with Gasteiger partial charge in [-0.05, 0) is 5.56 Å². The SMILES string of the molecule is COC(=O)c1c(CCl)cc(OC(F)(F)F)nc1C(F)F. The zero-order valence-corrected chi connectivity index (χ0v) is 10.6. The molecule has 0 amide bonds. The highest BCUT2D eigenvalue weighted by molar-refractivity contribution is 6.17. The van der Waals surface area contributed by atoms with Crippen LogP contribution >= 0.6 is 11.6 Å². The van der Waals surface area contributed by atoms with Crippen molar-refractivity contribution >= 4 is 17.6 Å². The minimum Gasteiger partial charge on any atom is -0.465 e. The fraction of sp³-hybridized carbons (Fsp3) is 0.400. The van der Waals surface area contributed by atoms with Crippen LogP contribution in [0.4, 0.5) is 22.0 Å². The van der Waals surface area contributed by atoms with Gasteiger partial charge >= 0.3 is 12.3 Å². The third kappa shape index (κ3) is 3.92. The van der Waals surface area contributed by atoms with Gasteiger partial charge in [0, 0.05) is 11.9 Å². The number of alkyl halides is 6. The summed E-state index contributed by atoms with van der Waals surface area (Å²) in [4.78, 5) is 14.4. The first-order chi connectivity index (χ1) is 9.19. The Kier molecular flexibility index (Phi) is 5.09. The summed E-state index contributed by atoms with van der Waals surface area (Å²) in [6.07, 6.45) is -8.41. The Morgan fingerprint density at radius 1 is 1.45 bits per heavy atom. The maximum atomic E-state index is 12.8. The van der Waals surface area contributed by atoms with E-state index >= 15 is 0 Å². The second kappa shape index (κ2) is 6.21. The molecule has 0 atom stereocenters.